The van der Waals surface area contributed by atoms with E-state index in [2.05, 4.69) is 0 Å². The molecule has 0 aliphatic heterocycles. The van der Waals surface area contributed by atoms with Crippen molar-refractivity contribution in [3.05, 3.63) is 5.56 Å². The molecule has 12 heteroatoms. The molecule has 0 fully saturated rings. The molecule has 0 saturated carbocycles. The van der Waals surface area contributed by atoms with Crippen molar-refractivity contribution >= 4 is 103 Å². The predicted octanol–water partition coefficient (Wildman–Crippen LogP) is 1.59. The van der Waals surface area contributed by atoms with E-state index in [4.69, 9.17) is 34.4 Å². The molecule has 0 aliphatic carbocycles. The molecule has 0 aromatic heterocycles. The third-order valence-electron chi connectivity index (χ3n) is 2.02. The predicted molar refractivity (Wildman–Crippen MR) is 99.9 cm³/mol. The first-order valence-electron chi connectivity index (χ1n) is 3.71. The van der Waals surface area contributed by atoms with Gasteiger partial charge >= 0.3 is 0 Å². The van der Waals surface area contributed by atoms with Gasteiger partial charge in [0.05, 0.1) is 28.4 Å². The Hall–Kier alpha value is -0.0800. The van der Waals surface area contributed by atoms with E-state index in [0.29, 0.717) is 16.9 Å². The van der Waals surface area contributed by atoms with Gasteiger partial charge in [-0.3, -0.25) is 0 Å². The van der Waals surface area contributed by atoms with E-state index in [9.17, 15) is 0 Å². The number of halogens is 6. The van der Waals surface area contributed by atoms with Gasteiger partial charge in [0.25, 0.3) is 0 Å². The van der Waals surface area contributed by atoms with Gasteiger partial charge in [0, 0.05) is 12.1 Å². The fourth-order valence-electron chi connectivity index (χ4n) is 1.13. The minimum absolute atomic E-state index is 0. The Kier molecular flexibility index (Phi) is 27.5. The van der Waals surface area contributed by atoms with Crippen LogP contribution in [0.15, 0.2) is 0 Å². The summed E-state index contributed by atoms with van der Waals surface area (Å²) in [6.07, 6.45) is 0. The summed E-state index contributed by atoms with van der Waals surface area (Å²) < 4.78 is 0. The summed E-state index contributed by atoms with van der Waals surface area (Å²) in [6.45, 7) is 0.187. The zero-order valence-electron chi connectivity index (χ0n) is 9.62. The molecule has 0 spiro atoms. The molecule has 12 N–H and O–H groups in total. The van der Waals surface area contributed by atoms with E-state index in [1.807, 2.05) is 0 Å². The SMILES string of the molecule is Cl.Cl.Cl.Cl.Cl.Cl.NCc1c(N)c(N)c(N)c(N)c1N. The van der Waals surface area contributed by atoms with Crippen molar-refractivity contribution in [3.63, 3.8) is 0 Å². The van der Waals surface area contributed by atoms with Crippen molar-refractivity contribution in [3.8, 4) is 0 Å². The smallest absolute Gasteiger partial charge is 0.0824 e. The topological polar surface area (TPSA) is 156 Å². The fraction of sp³-hybridized carbons (Fsp3) is 0.143. The average Bonchev–Trinajstić information content (AvgIpc) is 2.13. The van der Waals surface area contributed by atoms with Gasteiger partial charge in [-0.2, -0.15) is 0 Å². The number of benzene rings is 1. The van der Waals surface area contributed by atoms with Crippen LogP contribution in [0.4, 0.5) is 28.4 Å². The second-order valence-corrected chi connectivity index (χ2v) is 2.75. The van der Waals surface area contributed by atoms with Crippen LogP contribution in [0, 0.1) is 0 Å². The van der Waals surface area contributed by atoms with E-state index in [1.54, 1.807) is 0 Å². The van der Waals surface area contributed by atoms with Crippen molar-refractivity contribution in [1.82, 2.24) is 0 Å². The van der Waals surface area contributed by atoms with Crippen LogP contribution in [-0.2, 0) is 6.54 Å². The Balaban J connectivity index is -0.0000000704. The molecular weight excluding hydrogens is 381 g/mol. The Morgan fingerprint density at radius 2 is 0.684 bits per heavy atom. The van der Waals surface area contributed by atoms with Gasteiger partial charge in [0.1, 0.15) is 0 Å². The normalized spacial score (nSPS) is 7.00. The molecule has 0 aliphatic rings. The zero-order chi connectivity index (χ0) is 10.2. The molecule has 0 radical (unpaired) electrons. The second kappa shape index (κ2) is 14.3. The first-order chi connectivity index (χ1) is 6.00. The molecule has 19 heavy (non-hydrogen) atoms. The molecule has 0 heterocycles. The standard InChI is InChI=1S/C7H14N6.6ClH/c8-1-2-3(9)5(11)7(13)6(12)4(2)10;;;;;;/h1,8-13H2;6*1H. The lowest BCUT2D eigenvalue weighted by atomic mass is 10.1. The summed E-state index contributed by atoms with van der Waals surface area (Å²) in [4.78, 5) is 0. The minimum Gasteiger partial charge on any atom is -0.397 e. The maximum absolute atomic E-state index is 5.64. The number of nitrogens with two attached hydrogens (primary N) is 6. The van der Waals surface area contributed by atoms with Crippen LogP contribution >= 0.6 is 74.4 Å². The second-order valence-electron chi connectivity index (χ2n) is 2.75. The van der Waals surface area contributed by atoms with Gasteiger partial charge < -0.3 is 34.4 Å². The van der Waals surface area contributed by atoms with Gasteiger partial charge in [-0.1, -0.05) is 0 Å². The molecule has 1 aromatic rings. The summed E-state index contributed by atoms with van der Waals surface area (Å²) in [5.74, 6) is 0. The summed E-state index contributed by atoms with van der Waals surface area (Å²) in [5, 5.41) is 0. The highest BCUT2D eigenvalue weighted by Gasteiger charge is 2.13. The molecule has 1 rings (SSSR count). The summed E-state index contributed by atoms with van der Waals surface area (Å²) in [7, 11) is 0. The number of hydrogen-bond donors (Lipinski definition) is 6. The Morgan fingerprint density at radius 1 is 0.474 bits per heavy atom. The number of anilines is 5. The largest absolute Gasteiger partial charge is 0.397 e. The molecule has 120 valence electrons. The van der Waals surface area contributed by atoms with Crippen LogP contribution in [0.3, 0.4) is 0 Å². The highest BCUT2D eigenvalue weighted by Crippen LogP contribution is 2.37. The molecule has 6 nitrogen and oxygen atoms in total. The van der Waals surface area contributed by atoms with Gasteiger partial charge in [0.15, 0.2) is 0 Å². The molecule has 1 aromatic carbocycles. The van der Waals surface area contributed by atoms with Gasteiger partial charge in [-0.15, -0.1) is 74.4 Å². The lowest BCUT2D eigenvalue weighted by molar-refractivity contribution is 1.08. The van der Waals surface area contributed by atoms with E-state index >= 15 is 0 Å². The number of rotatable bonds is 1. The van der Waals surface area contributed by atoms with E-state index < -0.39 is 0 Å². The van der Waals surface area contributed by atoms with E-state index in [1.165, 1.54) is 0 Å². The lowest BCUT2D eigenvalue weighted by Crippen LogP contribution is -2.13. The highest BCUT2D eigenvalue weighted by molar-refractivity contribution is 5.96. The van der Waals surface area contributed by atoms with Crippen LogP contribution in [0.5, 0.6) is 0 Å². The number of nitrogen functional groups attached to an aromatic ring is 5. The summed E-state index contributed by atoms with van der Waals surface area (Å²) in [5.41, 5.74) is 35.3. The van der Waals surface area contributed by atoms with Crippen molar-refractivity contribution in [2.75, 3.05) is 28.7 Å². The molecule has 0 atom stereocenters. The van der Waals surface area contributed by atoms with Crippen molar-refractivity contribution in [1.29, 1.82) is 0 Å². The Morgan fingerprint density at radius 3 is 0.895 bits per heavy atom. The zero-order valence-corrected chi connectivity index (χ0v) is 14.5. The highest BCUT2D eigenvalue weighted by atomic mass is 35.5. The summed E-state index contributed by atoms with van der Waals surface area (Å²) in [6, 6.07) is 0. The van der Waals surface area contributed by atoms with Crippen molar-refractivity contribution in [2.24, 2.45) is 5.73 Å². The molecular formula is C7H20Cl6N6. The van der Waals surface area contributed by atoms with Crippen LogP contribution in [0.2, 0.25) is 0 Å². The van der Waals surface area contributed by atoms with Crippen LogP contribution in [-0.4, -0.2) is 0 Å². The van der Waals surface area contributed by atoms with Gasteiger partial charge in [-0.25, -0.2) is 0 Å². The fourth-order valence-corrected chi connectivity index (χ4v) is 1.13. The van der Waals surface area contributed by atoms with Gasteiger partial charge in [-0.05, 0) is 0 Å². The Labute approximate surface area is 149 Å². The van der Waals surface area contributed by atoms with E-state index in [-0.39, 0.29) is 98.0 Å². The quantitative estimate of drug-likeness (QED) is 0.393. The van der Waals surface area contributed by atoms with Crippen LogP contribution in [0.25, 0.3) is 0 Å². The monoisotopic (exact) mass is 398 g/mol. The van der Waals surface area contributed by atoms with Crippen LogP contribution < -0.4 is 34.4 Å². The summed E-state index contributed by atoms with van der Waals surface area (Å²) >= 11 is 0. The molecule has 0 amide bonds. The minimum atomic E-state index is 0. The first kappa shape index (κ1) is 36.4. The maximum Gasteiger partial charge on any atom is 0.0824 e. The third-order valence-corrected chi connectivity index (χ3v) is 2.02. The van der Waals surface area contributed by atoms with Crippen molar-refractivity contribution < 1.29 is 0 Å². The van der Waals surface area contributed by atoms with Gasteiger partial charge in [0.2, 0.25) is 0 Å². The third kappa shape index (κ3) is 6.76. The lowest BCUT2D eigenvalue weighted by Gasteiger charge is -2.15. The Bertz CT molecular complexity index is 333. The maximum atomic E-state index is 5.64. The number of hydrogen-bond acceptors (Lipinski definition) is 6. The molecule has 0 saturated heterocycles. The van der Waals surface area contributed by atoms with Crippen LogP contribution in [0.1, 0.15) is 5.56 Å². The molecule has 0 bridgehead atoms. The van der Waals surface area contributed by atoms with Crippen molar-refractivity contribution in [2.45, 2.75) is 6.54 Å². The first-order valence-corrected chi connectivity index (χ1v) is 3.71. The van der Waals surface area contributed by atoms with E-state index in [0.717, 1.165) is 0 Å². The average molecular weight is 401 g/mol. The molecule has 0 unspecified atom stereocenters.